The van der Waals surface area contributed by atoms with Gasteiger partial charge in [0, 0.05) is 24.4 Å². The molecular formula is C15H16N2O3. The van der Waals surface area contributed by atoms with Gasteiger partial charge in [-0.2, -0.15) is 0 Å². The minimum atomic E-state index is -0.559. The number of nitrogens with one attached hydrogen (secondary N) is 1. The molecule has 2 rings (SSSR count). The van der Waals surface area contributed by atoms with Gasteiger partial charge in [0.15, 0.2) is 0 Å². The van der Waals surface area contributed by atoms with Crippen molar-refractivity contribution in [1.29, 1.82) is 0 Å². The molecule has 0 saturated heterocycles. The van der Waals surface area contributed by atoms with E-state index in [1.807, 2.05) is 6.92 Å². The molecule has 20 heavy (non-hydrogen) atoms. The van der Waals surface area contributed by atoms with Crippen molar-refractivity contribution < 1.29 is 9.21 Å². The van der Waals surface area contributed by atoms with Gasteiger partial charge in [0.05, 0.1) is 0 Å². The van der Waals surface area contributed by atoms with E-state index in [0.717, 1.165) is 12.8 Å². The molecule has 0 aromatic carbocycles. The number of hydrogen-bond acceptors (Lipinski definition) is 4. The van der Waals surface area contributed by atoms with E-state index in [1.165, 1.54) is 0 Å². The number of aromatic nitrogens is 1. The van der Waals surface area contributed by atoms with Gasteiger partial charge < -0.3 is 9.73 Å². The highest BCUT2D eigenvalue weighted by Gasteiger charge is 2.08. The van der Waals surface area contributed by atoms with Crippen molar-refractivity contribution in [3.63, 3.8) is 0 Å². The largest absolute Gasteiger partial charge is 0.421 e. The quantitative estimate of drug-likeness (QED) is 0.908. The van der Waals surface area contributed by atoms with Gasteiger partial charge in [-0.1, -0.05) is 13.3 Å². The minimum Gasteiger partial charge on any atom is -0.421 e. The first-order valence-electron chi connectivity index (χ1n) is 6.55. The van der Waals surface area contributed by atoms with Gasteiger partial charge in [-0.15, -0.1) is 0 Å². The lowest BCUT2D eigenvalue weighted by atomic mass is 10.2. The predicted molar refractivity (Wildman–Crippen MR) is 76.4 cm³/mol. The first-order valence-corrected chi connectivity index (χ1v) is 6.55. The summed E-state index contributed by atoms with van der Waals surface area (Å²) in [6, 6.07) is 6.76. The number of carbonyl (C=O) groups excluding carboxylic acids is 1. The first-order chi connectivity index (χ1) is 9.70. The van der Waals surface area contributed by atoms with E-state index in [9.17, 15) is 9.59 Å². The molecule has 2 heterocycles. The molecule has 0 saturated carbocycles. The maximum Gasteiger partial charge on any atom is 0.360 e. The van der Waals surface area contributed by atoms with E-state index in [4.69, 9.17) is 4.42 Å². The molecule has 2 aromatic rings. The van der Waals surface area contributed by atoms with Crippen LogP contribution in [0.15, 0.2) is 45.9 Å². The normalized spacial score (nSPS) is 10.2. The molecule has 0 radical (unpaired) electrons. The third kappa shape index (κ3) is 3.54. The number of anilines is 1. The molecule has 2 aromatic heterocycles. The number of nitrogens with zero attached hydrogens (tertiary/aromatic N) is 1. The lowest BCUT2D eigenvalue weighted by molar-refractivity contribution is -0.116. The van der Waals surface area contributed by atoms with Crippen molar-refractivity contribution in [2.45, 2.75) is 26.2 Å². The Balaban J connectivity index is 2.15. The second-order valence-electron chi connectivity index (χ2n) is 4.39. The Labute approximate surface area is 116 Å². The Morgan fingerprint density at radius 3 is 2.85 bits per heavy atom. The van der Waals surface area contributed by atoms with Crippen molar-refractivity contribution in [2.75, 3.05) is 5.32 Å². The van der Waals surface area contributed by atoms with Gasteiger partial charge in [-0.05, 0) is 30.7 Å². The Kier molecular flexibility index (Phi) is 4.65. The Bertz CT molecular complexity index is 635. The van der Waals surface area contributed by atoms with Crippen molar-refractivity contribution in [1.82, 2.24) is 4.98 Å². The molecule has 104 valence electrons. The van der Waals surface area contributed by atoms with Crippen molar-refractivity contribution in [3.05, 3.63) is 47.1 Å². The van der Waals surface area contributed by atoms with Crippen LogP contribution in [-0.4, -0.2) is 10.9 Å². The van der Waals surface area contributed by atoms with Crippen molar-refractivity contribution in [2.24, 2.45) is 0 Å². The molecular weight excluding hydrogens is 256 g/mol. The Morgan fingerprint density at radius 1 is 1.35 bits per heavy atom. The maximum absolute atomic E-state index is 11.8. The van der Waals surface area contributed by atoms with Crippen LogP contribution in [-0.2, 0) is 4.79 Å². The molecule has 0 unspecified atom stereocenters. The van der Waals surface area contributed by atoms with E-state index < -0.39 is 5.63 Å². The summed E-state index contributed by atoms with van der Waals surface area (Å²) < 4.78 is 5.19. The van der Waals surface area contributed by atoms with E-state index in [-0.39, 0.29) is 11.6 Å². The average Bonchev–Trinajstić information content (AvgIpc) is 2.48. The minimum absolute atomic E-state index is 0.166. The number of pyridine rings is 1. The smallest absolute Gasteiger partial charge is 0.360 e. The molecule has 0 spiro atoms. The third-order valence-electron chi connectivity index (χ3n) is 2.80. The fourth-order valence-electron chi connectivity index (χ4n) is 1.72. The summed E-state index contributed by atoms with van der Waals surface area (Å²) in [4.78, 5) is 27.4. The highest BCUT2D eigenvalue weighted by molar-refractivity contribution is 5.90. The fraction of sp³-hybridized carbons (Fsp3) is 0.267. The van der Waals surface area contributed by atoms with Crippen LogP contribution in [0.4, 0.5) is 5.69 Å². The summed E-state index contributed by atoms with van der Waals surface area (Å²) >= 11 is 0. The van der Waals surface area contributed by atoms with Gasteiger partial charge >= 0.3 is 5.63 Å². The number of hydrogen-bond donors (Lipinski definition) is 1. The van der Waals surface area contributed by atoms with E-state index >= 15 is 0 Å². The lowest BCUT2D eigenvalue weighted by Crippen LogP contribution is -2.17. The van der Waals surface area contributed by atoms with Crippen LogP contribution in [0.3, 0.4) is 0 Å². The summed E-state index contributed by atoms with van der Waals surface area (Å²) in [5.74, 6) is 0.253. The molecule has 0 aliphatic heterocycles. The standard InChI is InChI=1S/C15H16N2O3/c1-2-3-6-14(18)17-12-7-8-13(20-15(12)19)11-5-4-9-16-10-11/h4-5,7-10H,2-3,6H2,1H3,(H,17,18). The van der Waals surface area contributed by atoms with Crippen LogP contribution in [0.25, 0.3) is 11.3 Å². The number of unbranched alkanes of at least 4 members (excludes halogenated alkanes) is 1. The Morgan fingerprint density at radius 2 is 2.20 bits per heavy atom. The molecule has 1 N–H and O–H groups in total. The van der Waals surface area contributed by atoms with Gasteiger partial charge in [-0.3, -0.25) is 9.78 Å². The zero-order valence-corrected chi connectivity index (χ0v) is 11.3. The zero-order valence-electron chi connectivity index (χ0n) is 11.3. The van der Waals surface area contributed by atoms with Crippen LogP contribution in [0.2, 0.25) is 0 Å². The SMILES string of the molecule is CCCCC(=O)Nc1ccc(-c2cccnc2)oc1=O. The summed E-state index contributed by atoms with van der Waals surface area (Å²) in [5.41, 5.74) is 0.323. The molecule has 0 atom stereocenters. The summed E-state index contributed by atoms with van der Waals surface area (Å²) in [7, 11) is 0. The topological polar surface area (TPSA) is 72.2 Å². The zero-order chi connectivity index (χ0) is 14.4. The van der Waals surface area contributed by atoms with Gasteiger partial charge in [0.1, 0.15) is 11.4 Å². The molecule has 0 bridgehead atoms. The first kappa shape index (κ1) is 14.0. The molecule has 5 nitrogen and oxygen atoms in total. The van der Waals surface area contributed by atoms with Crippen LogP contribution in [0.1, 0.15) is 26.2 Å². The monoisotopic (exact) mass is 272 g/mol. The second-order valence-corrected chi connectivity index (χ2v) is 4.39. The molecule has 5 heteroatoms. The summed E-state index contributed by atoms with van der Waals surface area (Å²) in [6.07, 6.45) is 5.38. The average molecular weight is 272 g/mol. The molecule has 0 fully saturated rings. The predicted octanol–water partition coefficient (Wildman–Crippen LogP) is 2.83. The van der Waals surface area contributed by atoms with Gasteiger partial charge in [0.2, 0.25) is 5.91 Å². The molecule has 0 aliphatic rings. The highest BCUT2D eigenvalue weighted by Crippen LogP contribution is 2.17. The summed E-state index contributed by atoms with van der Waals surface area (Å²) in [5, 5.41) is 2.56. The van der Waals surface area contributed by atoms with E-state index in [0.29, 0.717) is 17.7 Å². The highest BCUT2D eigenvalue weighted by atomic mass is 16.4. The van der Waals surface area contributed by atoms with Crippen LogP contribution < -0.4 is 10.9 Å². The fourth-order valence-corrected chi connectivity index (χ4v) is 1.72. The number of amides is 1. The van der Waals surface area contributed by atoms with Crippen LogP contribution >= 0.6 is 0 Å². The van der Waals surface area contributed by atoms with Gasteiger partial charge in [0.25, 0.3) is 0 Å². The van der Waals surface area contributed by atoms with Crippen molar-refractivity contribution in [3.8, 4) is 11.3 Å². The summed E-state index contributed by atoms with van der Waals surface area (Å²) in [6.45, 7) is 2.00. The Hall–Kier alpha value is -2.43. The number of rotatable bonds is 5. The molecule has 1 amide bonds. The van der Waals surface area contributed by atoms with Crippen molar-refractivity contribution >= 4 is 11.6 Å². The van der Waals surface area contributed by atoms with E-state index in [2.05, 4.69) is 10.3 Å². The lowest BCUT2D eigenvalue weighted by Gasteiger charge is -2.04. The van der Waals surface area contributed by atoms with E-state index in [1.54, 1.807) is 36.7 Å². The number of carbonyl (C=O) groups is 1. The van der Waals surface area contributed by atoms with Gasteiger partial charge in [-0.25, -0.2) is 4.79 Å². The maximum atomic E-state index is 11.8. The molecule has 0 aliphatic carbocycles. The van der Waals surface area contributed by atoms with Crippen LogP contribution in [0, 0.1) is 0 Å². The second kappa shape index (κ2) is 6.65. The third-order valence-corrected chi connectivity index (χ3v) is 2.80. The van der Waals surface area contributed by atoms with Crippen LogP contribution in [0.5, 0.6) is 0 Å².